The number of hydrogen-bond donors (Lipinski definition) is 1. The molecule has 4 nitrogen and oxygen atoms in total. The van der Waals surface area contributed by atoms with Crippen molar-refractivity contribution in [1.29, 1.82) is 0 Å². The van der Waals surface area contributed by atoms with Gasteiger partial charge in [-0.1, -0.05) is 0 Å². The molecular weight excluding hydrogens is 240 g/mol. The van der Waals surface area contributed by atoms with Crippen LogP contribution in [0.5, 0.6) is 0 Å². The molecule has 0 aromatic heterocycles. The first-order valence-electron chi connectivity index (χ1n) is 7.85. The Morgan fingerprint density at radius 1 is 1.26 bits per heavy atom. The van der Waals surface area contributed by atoms with Crippen molar-refractivity contribution >= 4 is 0 Å². The SMILES string of the molecule is CNC(CCC1CCCO1)C1CN(C(C)C)CCO1. The normalized spacial score (nSPS) is 30.9. The summed E-state index contributed by atoms with van der Waals surface area (Å²) in [4.78, 5) is 2.52. The number of ether oxygens (including phenoxy) is 2. The molecule has 0 saturated carbocycles. The van der Waals surface area contributed by atoms with E-state index in [1.54, 1.807) is 0 Å². The summed E-state index contributed by atoms with van der Waals surface area (Å²) in [6.45, 7) is 8.47. The number of morpholine rings is 1. The van der Waals surface area contributed by atoms with Gasteiger partial charge in [-0.25, -0.2) is 0 Å². The van der Waals surface area contributed by atoms with Crippen LogP contribution in [0.2, 0.25) is 0 Å². The Labute approximate surface area is 117 Å². The fourth-order valence-corrected chi connectivity index (χ4v) is 3.16. The van der Waals surface area contributed by atoms with Gasteiger partial charge in [0.2, 0.25) is 0 Å². The molecule has 19 heavy (non-hydrogen) atoms. The van der Waals surface area contributed by atoms with Crippen molar-refractivity contribution in [1.82, 2.24) is 10.2 Å². The Morgan fingerprint density at radius 3 is 2.74 bits per heavy atom. The minimum absolute atomic E-state index is 0.322. The van der Waals surface area contributed by atoms with Crippen molar-refractivity contribution in [3.8, 4) is 0 Å². The summed E-state index contributed by atoms with van der Waals surface area (Å²) in [7, 11) is 2.05. The van der Waals surface area contributed by atoms with Crippen LogP contribution in [0.15, 0.2) is 0 Å². The van der Waals surface area contributed by atoms with Crippen molar-refractivity contribution in [2.24, 2.45) is 0 Å². The van der Waals surface area contributed by atoms with Crippen LogP contribution < -0.4 is 5.32 Å². The second-order valence-corrected chi connectivity index (χ2v) is 6.11. The van der Waals surface area contributed by atoms with E-state index in [0.717, 1.165) is 39.1 Å². The molecule has 0 aromatic carbocycles. The molecule has 2 heterocycles. The van der Waals surface area contributed by atoms with E-state index in [-0.39, 0.29) is 0 Å². The summed E-state index contributed by atoms with van der Waals surface area (Å²) in [5.74, 6) is 0. The Bertz CT molecular complexity index is 255. The minimum Gasteiger partial charge on any atom is -0.378 e. The third-order valence-electron chi connectivity index (χ3n) is 4.50. The highest BCUT2D eigenvalue weighted by atomic mass is 16.5. The lowest BCUT2D eigenvalue weighted by atomic mass is 10.00. The lowest BCUT2D eigenvalue weighted by Crippen LogP contribution is -2.53. The molecule has 2 aliphatic heterocycles. The van der Waals surface area contributed by atoms with Gasteiger partial charge in [0, 0.05) is 31.8 Å². The molecule has 0 aromatic rings. The zero-order valence-electron chi connectivity index (χ0n) is 12.7. The Hall–Kier alpha value is -0.160. The molecule has 0 spiro atoms. The molecule has 112 valence electrons. The predicted molar refractivity (Wildman–Crippen MR) is 77.5 cm³/mol. The third-order valence-corrected chi connectivity index (χ3v) is 4.50. The molecule has 1 N–H and O–H groups in total. The summed E-state index contributed by atoms with van der Waals surface area (Å²) >= 11 is 0. The van der Waals surface area contributed by atoms with E-state index in [4.69, 9.17) is 9.47 Å². The summed E-state index contributed by atoms with van der Waals surface area (Å²) in [6, 6.07) is 1.06. The van der Waals surface area contributed by atoms with Gasteiger partial charge in [0.1, 0.15) is 0 Å². The smallest absolute Gasteiger partial charge is 0.0855 e. The number of likely N-dealkylation sites (N-methyl/N-ethyl adjacent to an activating group) is 1. The van der Waals surface area contributed by atoms with Gasteiger partial charge in [0.15, 0.2) is 0 Å². The zero-order valence-corrected chi connectivity index (χ0v) is 12.7. The van der Waals surface area contributed by atoms with Gasteiger partial charge in [0.25, 0.3) is 0 Å². The average Bonchev–Trinajstić information content (AvgIpc) is 2.93. The Morgan fingerprint density at radius 2 is 2.11 bits per heavy atom. The molecule has 2 aliphatic rings. The highest BCUT2D eigenvalue weighted by Gasteiger charge is 2.29. The quantitative estimate of drug-likeness (QED) is 0.795. The molecule has 2 fully saturated rings. The van der Waals surface area contributed by atoms with Gasteiger partial charge in [-0.2, -0.15) is 0 Å². The van der Waals surface area contributed by atoms with E-state index >= 15 is 0 Å². The number of nitrogens with zero attached hydrogens (tertiary/aromatic N) is 1. The fourth-order valence-electron chi connectivity index (χ4n) is 3.16. The average molecular weight is 270 g/mol. The highest BCUT2D eigenvalue weighted by Crippen LogP contribution is 2.20. The van der Waals surface area contributed by atoms with Crippen molar-refractivity contribution in [3.05, 3.63) is 0 Å². The van der Waals surface area contributed by atoms with E-state index in [9.17, 15) is 0 Å². The Kier molecular flexibility index (Phi) is 6.07. The van der Waals surface area contributed by atoms with Crippen LogP contribution in [-0.2, 0) is 9.47 Å². The van der Waals surface area contributed by atoms with Gasteiger partial charge in [-0.15, -0.1) is 0 Å². The topological polar surface area (TPSA) is 33.7 Å². The standard InChI is InChI=1S/C15H30N2O2/c1-12(2)17-8-10-19-15(11-17)14(16-3)7-6-13-5-4-9-18-13/h12-16H,4-11H2,1-3H3. The summed E-state index contributed by atoms with van der Waals surface area (Å²) in [5, 5.41) is 3.45. The summed E-state index contributed by atoms with van der Waals surface area (Å²) in [5.41, 5.74) is 0. The van der Waals surface area contributed by atoms with Crippen LogP contribution in [-0.4, -0.2) is 62.5 Å². The number of rotatable bonds is 6. The van der Waals surface area contributed by atoms with E-state index in [0.29, 0.717) is 24.3 Å². The van der Waals surface area contributed by atoms with Crippen LogP contribution in [0.4, 0.5) is 0 Å². The molecule has 0 radical (unpaired) electrons. The molecule has 2 rings (SSSR count). The summed E-state index contributed by atoms with van der Waals surface area (Å²) < 4.78 is 11.7. The second kappa shape index (κ2) is 7.58. The number of hydrogen-bond acceptors (Lipinski definition) is 4. The highest BCUT2D eigenvalue weighted by molar-refractivity contribution is 4.84. The van der Waals surface area contributed by atoms with Gasteiger partial charge in [-0.3, -0.25) is 4.90 Å². The first kappa shape index (κ1) is 15.2. The zero-order chi connectivity index (χ0) is 13.7. The van der Waals surface area contributed by atoms with Crippen molar-refractivity contribution < 1.29 is 9.47 Å². The van der Waals surface area contributed by atoms with Crippen LogP contribution in [0.25, 0.3) is 0 Å². The van der Waals surface area contributed by atoms with Crippen molar-refractivity contribution in [2.45, 2.75) is 63.8 Å². The van der Waals surface area contributed by atoms with Crippen molar-refractivity contribution in [3.63, 3.8) is 0 Å². The van der Waals surface area contributed by atoms with E-state index in [1.165, 1.54) is 12.8 Å². The van der Waals surface area contributed by atoms with Gasteiger partial charge in [-0.05, 0) is 46.6 Å². The molecule has 0 aliphatic carbocycles. The maximum atomic E-state index is 5.98. The molecule has 0 amide bonds. The largest absolute Gasteiger partial charge is 0.378 e. The van der Waals surface area contributed by atoms with Crippen LogP contribution in [0.3, 0.4) is 0 Å². The summed E-state index contributed by atoms with van der Waals surface area (Å²) in [6.07, 6.45) is 5.59. The molecule has 3 atom stereocenters. The molecule has 4 heteroatoms. The lowest BCUT2D eigenvalue weighted by Gasteiger charge is -2.39. The minimum atomic E-state index is 0.322. The van der Waals surface area contributed by atoms with Crippen LogP contribution in [0.1, 0.15) is 39.5 Å². The van der Waals surface area contributed by atoms with Crippen LogP contribution >= 0.6 is 0 Å². The number of nitrogens with one attached hydrogen (secondary N) is 1. The van der Waals surface area contributed by atoms with Gasteiger partial charge >= 0.3 is 0 Å². The predicted octanol–water partition coefficient (Wildman–Crippen LogP) is 1.64. The monoisotopic (exact) mass is 270 g/mol. The van der Waals surface area contributed by atoms with E-state index < -0.39 is 0 Å². The first-order valence-corrected chi connectivity index (χ1v) is 7.85. The molecule has 0 bridgehead atoms. The second-order valence-electron chi connectivity index (χ2n) is 6.11. The van der Waals surface area contributed by atoms with Gasteiger partial charge < -0.3 is 14.8 Å². The maximum absolute atomic E-state index is 5.98. The molecular formula is C15H30N2O2. The fraction of sp³-hybridized carbons (Fsp3) is 1.00. The maximum Gasteiger partial charge on any atom is 0.0855 e. The third kappa shape index (κ3) is 4.42. The first-order chi connectivity index (χ1) is 9.20. The molecule has 2 saturated heterocycles. The lowest BCUT2D eigenvalue weighted by molar-refractivity contribution is -0.0571. The van der Waals surface area contributed by atoms with E-state index in [1.807, 2.05) is 0 Å². The Balaban J connectivity index is 1.78. The van der Waals surface area contributed by atoms with E-state index in [2.05, 4.69) is 31.1 Å². The van der Waals surface area contributed by atoms with Crippen LogP contribution in [0, 0.1) is 0 Å². The van der Waals surface area contributed by atoms with Crippen molar-refractivity contribution in [2.75, 3.05) is 33.4 Å². The van der Waals surface area contributed by atoms with Gasteiger partial charge in [0.05, 0.1) is 18.8 Å². The molecule has 3 unspecified atom stereocenters.